The van der Waals surface area contributed by atoms with Crippen molar-refractivity contribution in [2.45, 2.75) is 70.9 Å². The summed E-state index contributed by atoms with van der Waals surface area (Å²) in [5.41, 5.74) is 0.984. The van der Waals surface area contributed by atoms with Gasteiger partial charge in [0.1, 0.15) is 6.54 Å². The highest BCUT2D eigenvalue weighted by molar-refractivity contribution is 7.18. The van der Waals surface area contributed by atoms with Gasteiger partial charge in [-0.15, -0.1) is 16.4 Å². The number of amides is 1. The molecule has 2 aromatic rings. The Morgan fingerprint density at radius 2 is 2.04 bits per heavy atom. The molecule has 1 saturated carbocycles. The third-order valence-electron chi connectivity index (χ3n) is 5.99. The molecule has 0 unspecified atom stereocenters. The van der Waals surface area contributed by atoms with Crippen LogP contribution < -0.4 is 5.56 Å². The Balaban J connectivity index is 1.60. The molecule has 2 aliphatic carbocycles. The number of aryl methyl sites for hydroxylation is 1. The van der Waals surface area contributed by atoms with E-state index < -0.39 is 0 Å². The van der Waals surface area contributed by atoms with Gasteiger partial charge in [0.05, 0.1) is 5.39 Å². The van der Waals surface area contributed by atoms with Crippen LogP contribution in [-0.4, -0.2) is 38.9 Å². The lowest BCUT2D eigenvalue weighted by molar-refractivity contribution is -0.133. The molecule has 7 heteroatoms. The van der Waals surface area contributed by atoms with Gasteiger partial charge in [-0.25, -0.2) is 4.68 Å². The van der Waals surface area contributed by atoms with Crippen LogP contribution in [-0.2, 0) is 24.2 Å². The summed E-state index contributed by atoms with van der Waals surface area (Å²) in [6.07, 6.45) is 8.75. The van der Waals surface area contributed by atoms with Crippen LogP contribution in [0, 0.1) is 5.92 Å². The van der Waals surface area contributed by atoms with E-state index >= 15 is 0 Å². The van der Waals surface area contributed by atoms with E-state index in [1.54, 1.807) is 11.3 Å². The summed E-state index contributed by atoms with van der Waals surface area (Å²) in [5, 5.41) is 9.01. The average molecular weight is 375 g/mol. The van der Waals surface area contributed by atoms with E-state index in [-0.39, 0.29) is 18.0 Å². The maximum Gasteiger partial charge on any atom is 0.279 e. The van der Waals surface area contributed by atoms with Gasteiger partial charge < -0.3 is 4.90 Å². The second kappa shape index (κ2) is 7.10. The van der Waals surface area contributed by atoms with Gasteiger partial charge in [-0.3, -0.25) is 9.59 Å². The monoisotopic (exact) mass is 374 g/mol. The smallest absolute Gasteiger partial charge is 0.279 e. The van der Waals surface area contributed by atoms with Crippen molar-refractivity contribution in [3.63, 3.8) is 0 Å². The van der Waals surface area contributed by atoms with Gasteiger partial charge >= 0.3 is 0 Å². The highest BCUT2D eigenvalue weighted by Gasteiger charge is 2.26. The van der Waals surface area contributed by atoms with Crippen molar-refractivity contribution in [3.05, 3.63) is 20.8 Å². The number of carbonyl (C=O) groups is 1. The standard InChI is InChI=1S/C19H26N4O2S/c1-12-8-9-14-15(10-12)26-18-17(14)19(25)23(21-20-18)11-16(24)22(2)13-6-4-3-5-7-13/h12-13H,3-11H2,1-2H3/t12-/m1/s1. The zero-order chi connectivity index (χ0) is 18.3. The van der Waals surface area contributed by atoms with Crippen molar-refractivity contribution in [1.82, 2.24) is 19.9 Å². The molecule has 6 nitrogen and oxygen atoms in total. The van der Waals surface area contributed by atoms with Crippen LogP contribution in [0.4, 0.5) is 0 Å². The number of hydrogen-bond acceptors (Lipinski definition) is 5. The predicted octanol–water partition coefficient (Wildman–Crippen LogP) is 2.77. The summed E-state index contributed by atoms with van der Waals surface area (Å²) in [6, 6.07) is 0.291. The quantitative estimate of drug-likeness (QED) is 0.828. The van der Waals surface area contributed by atoms with E-state index in [1.807, 2.05) is 11.9 Å². The molecule has 2 aliphatic rings. The zero-order valence-corrected chi connectivity index (χ0v) is 16.3. The lowest BCUT2D eigenvalue weighted by Gasteiger charge is -2.31. The Kier molecular flexibility index (Phi) is 4.82. The summed E-state index contributed by atoms with van der Waals surface area (Å²) in [6.45, 7) is 2.23. The number of rotatable bonds is 3. The molecule has 0 N–H and O–H groups in total. The summed E-state index contributed by atoms with van der Waals surface area (Å²) >= 11 is 1.59. The molecule has 0 aromatic carbocycles. The van der Waals surface area contributed by atoms with E-state index in [2.05, 4.69) is 17.2 Å². The Hall–Kier alpha value is -1.76. The highest BCUT2D eigenvalue weighted by Crippen LogP contribution is 2.35. The van der Waals surface area contributed by atoms with Crippen LogP contribution in [0.1, 0.15) is 55.9 Å². The Labute approximate surface area is 157 Å². The average Bonchev–Trinajstić information content (AvgIpc) is 3.02. The lowest BCUT2D eigenvalue weighted by Crippen LogP contribution is -2.42. The second-order valence-corrected chi connectivity index (χ2v) is 8.96. The molecule has 140 valence electrons. The molecule has 26 heavy (non-hydrogen) atoms. The minimum Gasteiger partial charge on any atom is -0.341 e. The predicted molar refractivity (Wildman–Crippen MR) is 103 cm³/mol. The zero-order valence-electron chi connectivity index (χ0n) is 15.5. The molecule has 0 bridgehead atoms. The van der Waals surface area contributed by atoms with Crippen molar-refractivity contribution >= 4 is 27.5 Å². The number of thiophene rings is 1. The van der Waals surface area contributed by atoms with Crippen LogP contribution >= 0.6 is 11.3 Å². The largest absolute Gasteiger partial charge is 0.341 e. The highest BCUT2D eigenvalue weighted by atomic mass is 32.1. The molecule has 1 amide bonds. The third kappa shape index (κ3) is 3.17. The number of likely N-dealkylation sites (N-methyl/N-ethyl adjacent to an activating group) is 1. The third-order valence-corrected chi connectivity index (χ3v) is 7.12. The first-order valence-corrected chi connectivity index (χ1v) is 10.5. The van der Waals surface area contributed by atoms with E-state index in [0.717, 1.165) is 42.5 Å². The lowest BCUT2D eigenvalue weighted by atomic mass is 9.89. The van der Waals surface area contributed by atoms with E-state index in [1.165, 1.54) is 28.8 Å². The molecule has 0 radical (unpaired) electrons. The summed E-state index contributed by atoms with van der Waals surface area (Å²) in [7, 11) is 1.85. The number of fused-ring (bicyclic) bond motifs is 3. The molecule has 0 aliphatic heterocycles. The maximum absolute atomic E-state index is 13.0. The van der Waals surface area contributed by atoms with Crippen molar-refractivity contribution in [3.8, 4) is 0 Å². The van der Waals surface area contributed by atoms with Crippen LogP contribution in [0.15, 0.2) is 4.79 Å². The molecule has 0 saturated heterocycles. The maximum atomic E-state index is 13.0. The van der Waals surface area contributed by atoms with Crippen molar-refractivity contribution in [2.75, 3.05) is 7.05 Å². The second-order valence-electron chi connectivity index (χ2n) is 7.88. The SMILES string of the molecule is C[C@@H]1CCc2c(sc3nnn(CC(=O)N(C)C4CCCCC4)c(=O)c23)C1. The molecule has 2 heterocycles. The van der Waals surface area contributed by atoms with Gasteiger partial charge in [0.15, 0.2) is 4.83 Å². The van der Waals surface area contributed by atoms with Gasteiger partial charge in [0.25, 0.3) is 5.56 Å². The van der Waals surface area contributed by atoms with E-state index in [4.69, 9.17) is 0 Å². The first-order valence-electron chi connectivity index (χ1n) is 9.68. The van der Waals surface area contributed by atoms with E-state index in [9.17, 15) is 9.59 Å². The molecule has 2 aromatic heterocycles. The molecule has 1 atom stereocenters. The summed E-state index contributed by atoms with van der Waals surface area (Å²) in [4.78, 5) is 29.4. The normalized spacial score (nSPS) is 20.9. The Morgan fingerprint density at radius 3 is 2.81 bits per heavy atom. The number of carbonyl (C=O) groups excluding carboxylic acids is 1. The van der Waals surface area contributed by atoms with Gasteiger partial charge in [-0.2, -0.15) is 0 Å². The first kappa shape index (κ1) is 17.6. The van der Waals surface area contributed by atoms with Crippen molar-refractivity contribution in [2.24, 2.45) is 5.92 Å². The minimum atomic E-state index is -0.160. The number of hydrogen-bond donors (Lipinski definition) is 0. The number of aromatic nitrogens is 3. The molecular weight excluding hydrogens is 348 g/mol. The van der Waals surface area contributed by atoms with Crippen LogP contribution in [0.25, 0.3) is 10.2 Å². The van der Waals surface area contributed by atoms with Crippen LogP contribution in [0.2, 0.25) is 0 Å². The fourth-order valence-electron chi connectivity index (χ4n) is 4.31. The minimum absolute atomic E-state index is 0.0181. The summed E-state index contributed by atoms with van der Waals surface area (Å²) in [5.74, 6) is 0.599. The summed E-state index contributed by atoms with van der Waals surface area (Å²) < 4.78 is 1.26. The van der Waals surface area contributed by atoms with Gasteiger partial charge in [0, 0.05) is 18.0 Å². The topological polar surface area (TPSA) is 68.1 Å². The molecular formula is C19H26N4O2S. The fraction of sp³-hybridized carbons (Fsp3) is 0.684. The van der Waals surface area contributed by atoms with Gasteiger partial charge in [-0.1, -0.05) is 31.4 Å². The Morgan fingerprint density at radius 1 is 1.27 bits per heavy atom. The number of nitrogens with zero attached hydrogens (tertiary/aromatic N) is 4. The molecule has 0 spiro atoms. The van der Waals surface area contributed by atoms with Gasteiger partial charge in [-0.05, 0) is 43.6 Å². The molecule has 4 rings (SSSR count). The Bertz CT molecular complexity index is 882. The fourth-order valence-corrected chi connectivity index (χ4v) is 5.63. The van der Waals surface area contributed by atoms with Crippen LogP contribution in [0.5, 0.6) is 0 Å². The first-order chi connectivity index (χ1) is 12.5. The van der Waals surface area contributed by atoms with Gasteiger partial charge in [0.2, 0.25) is 5.91 Å². The van der Waals surface area contributed by atoms with Crippen molar-refractivity contribution in [1.29, 1.82) is 0 Å². The van der Waals surface area contributed by atoms with Crippen molar-refractivity contribution < 1.29 is 4.79 Å². The van der Waals surface area contributed by atoms with E-state index in [0.29, 0.717) is 17.3 Å². The van der Waals surface area contributed by atoms with Crippen LogP contribution in [0.3, 0.4) is 0 Å². The molecule has 1 fully saturated rings.